The highest BCUT2D eigenvalue weighted by Gasteiger charge is 2.54. The van der Waals surface area contributed by atoms with Crippen LogP contribution in [-0.2, 0) is 14.3 Å². The van der Waals surface area contributed by atoms with Crippen LogP contribution < -0.4 is 5.32 Å². The number of nitrogens with zero attached hydrogens (tertiary/aromatic N) is 1. The molecule has 0 unspecified atom stereocenters. The van der Waals surface area contributed by atoms with Gasteiger partial charge in [0.05, 0.1) is 6.61 Å². The first-order chi connectivity index (χ1) is 9.32. The summed E-state index contributed by atoms with van der Waals surface area (Å²) < 4.78 is 23.2. The molecule has 20 heavy (non-hydrogen) atoms. The molecule has 2 rings (SSSR count). The first-order valence-electron chi connectivity index (χ1n) is 6.08. The van der Waals surface area contributed by atoms with Crippen LogP contribution in [0.25, 0.3) is 0 Å². The molecule has 114 valence electrons. The zero-order valence-electron chi connectivity index (χ0n) is 11.0. The van der Waals surface area contributed by atoms with Gasteiger partial charge in [-0.1, -0.05) is 22.6 Å². The number of amides is 3. The third-order valence-corrected chi connectivity index (χ3v) is 4.51. The van der Waals surface area contributed by atoms with Gasteiger partial charge in [0.1, 0.15) is 21.9 Å². The van der Waals surface area contributed by atoms with E-state index in [0.717, 1.165) is 0 Å². The Labute approximate surface area is 128 Å². The molecule has 0 bridgehead atoms. The Morgan fingerprint density at radius 2 is 2.30 bits per heavy atom. The van der Waals surface area contributed by atoms with E-state index in [9.17, 15) is 14.0 Å². The molecule has 2 heterocycles. The van der Waals surface area contributed by atoms with Crippen LogP contribution in [0.2, 0.25) is 0 Å². The fourth-order valence-corrected chi connectivity index (χ4v) is 3.09. The fourth-order valence-electron chi connectivity index (χ4n) is 2.40. The Kier molecular flexibility index (Phi) is 4.52. The van der Waals surface area contributed by atoms with Gasteiger partial charge in [-0.25, -0.2) is 9.18 Å². The van der Waals surface area contributed by atoms with E-state index in [0.29, 0.717) is 0 Å². The first kappa shape index (κ1) is 15.9. The average Bonchev–Trinajstić information content (AvgIpc) is 2.74. The second kappa shape index (κ2) is 5.70. The van der Waals surface area contributed by atoms with Gasteiger partial charge < -0.3 is 14.6 Å². The number of methoxy groups -OCH3 is 1. The second-order valence-corrected chi connectivity index (χ2v) is 7.13. The summed E-state index contributed by atoms with van der Waals surface area (Å²) in [5.41, 5.74) is 0. The number of imide groups is 1. The number of urea groups is 1. The van der Waals surface area contributed by atoms with Gasteiger partial charge in [-0.05, 0) is 6.92 Å². The van der Waals surface area contributed by atoms with Crippen molar-refractivity contribution in [3.8, 4) is 0 Å². The van der Waals surface area contributed by atoms with E-state index in [1.807, 2.05) is 22.6 Å². The monoisotopic (exact) mass is 402 g/mol. The Morgan fingerprint density at radius 3 is 2.80 bits per heavy atom. The number of aliphatic hydroxyl groups is 1. The summed E-state index contributed by atoms with van der Waals surface area (Å²) in [6.45, 7) is 1.15. The zero-order chi connectivity index (χ0) is 15.1. The van der Waals surface area contributed by atoms with Crippen molar-refractivity contribution in [1.29, 1.82) is 0 Å². The number of carbonyl (C=O) groups excluding carboxylic acids is 2. The van der Waals surface area contributed by atoms with E-state index in [4.69, 9.17) is 14.6 Å². The second-order valence-electron chi connectivity index (χ2n) is 4.89. The van der Waals surface area contributed by atoms with Gasteiger partial charge in [-0.15, -0.1) is 0 Å². The number of hydrogen-bond donors (Lipinski definition) is 2. The minimum atomic E-state index is -1.37. The molecule has 0 aliphatic carbocycles. The lowest BCUT2D eigenvalue weighted by molar-refractivity contribution is -0.152. The maximum Gasteiger partial charge on any atom is 0.328 e. The quantitative estimate of drug-likeness (QED) is 0.519. The Bertz CT molecular complexity index is 422. The topological polar surface area (TPSA) is 88.1 Å². The Hall–Kier alpha value is -0.520. The van der Waals surface area contributed by atoms with Gasteiger partial charge in [-0.2, -0.15) is 0 Å². The lowest BCUT2D eigenvalue weighted by atomic mass is 10.1. The van der Waals surface area contributed by atoms with Crippen molar-refractivity contribution in [2.24, 2.45) is 0 Å². The first-order valence-corrected chi connectivity index (χ1v) is 7.16. The predicted molar refractivity (Wildman–Crippen MR) is 73.9 cm³/mol. The largest absolute Gasteiger partial charge is 0.394 e. The van der Waals surface area contributed by atoms with Crippen molar-refractivity contribution in [3.63, 3.8) is 0 Å². The molecule has 7 nitrogen and oxygen atoms in total. The molecule has 2 aliphatic rings. The number of rotatable bonds is 3. The molecule has 0 saturated carbocycles. The highest BCUT2D eigenvalue weighted by Crippen LogP contribution is 2.36. The van der Waals surface area contributed by atoms with Crippen LogP contribution in [0.15, 0.2) is 0 Å². The number of ether oxygens (including phenoxy) is 2. The standard InChI is InChI=1S/C11H16FIN2O5/c1-11(13)8(17)14-10(18)15(9(11)19-2)7-3-5(12)6(4-16)20-7/h5-7,9,16H,3-4H2,1-2H3,(H,14,17,18)/t5-,6+,7+,9+,11-/m0/s1. The smallest absolute Gasteiger partial charge is 0.328 e. The Morgan fingerprint density at radius 1 is 1.65 bits per heavy atom. The molecular formula is C11H16FIN2O5. The van der Waals surface area contributed by atoms with Crippen molar-refractivity contribution < 1.29 is 28.6 Å². The molecule has 2 fully saturated rings. The van der Waals surface area contributed by atoms with Gasteiger partial charge in [0.15, 0.2) is 6.23 Å². The molecule has 0 radical (unpaired) electrons. The molecule has 5 atom stereocenters. The number of halogens is 2. The molecule has 2 N–H and O–H groups in total. The summed E-state index contributed by atoms with van der Waals surface area (Å²) in [6, 6.07) is -0.688. The predicted octanol–water partition coefficient (Wildman–Crippen LogP) is 0.150. The number of aliphatic hydroxyl groups excluding tert-OH is 1. The molecule has 2 aliphatic heterocycles. The van der Waals surface area contributed by atoms with Crippen molar-refractivity contribution in [1.82, 2.24) is 10.2 Å². The fraction of sp³-hybridized carbons (Fsp3) is 0.818. The summed E-state index contributed by atoms with van der Waals surface area (Å²) in [5, 5.41) is 11.2. The van der Waals surface area contributed by atoms with Crippen LogP contribution in [-0.4, -0.2) is 63.8 Å². The van der Waals surface area contributed by atoms with E-state index in [-0.39, 0.29) is 6.42 Å². The molecule has 0 aromatic rings. The summed E-state index contributed by atoms with van der Waals surface area (Å²) in [7, 11) is 1.37. The number of alkyl halides is 2. The lowest BCUT2D eigenvalue weighted by Crippen LogP contribution is -2.69. The summed E-state index contributed by atoms with van der Waals surface area (Å²) in [6.07, 6.45) is -4.16. The van der Waals surface area contributed by atoms with Gasteiger partial charge in [0.2, 0.25) is 5.91 Å². The highest BCUT2D eigenvalue weighted by molar-refractivity contribution is 14.1. The van der Waals surface area contributed by atoms with Crippen LogP contribution >= 0.6 is 22.6 Å². The maximum absolute atomic E-state index is 13.7. The number of hydrogen-bond acceptors (Lipinski definition) is 5. The van der Waals surface area contributed by atoms with Gasteiger partial charge in [0, 0.05) is 13.5 Å². The summed E-state index contributed by atoms with van der Waals surface area (Å²) >= 11 is 1.88. The maximum atomic E-state index is 13.7. The molecular weight excluding hydrogens is 386 g/mol. The third-order valence-electron chi connectivity index (χ3n) is 3.49. The van der Waals surface area contributed by atoms with Crippen molar-refractivity contribution >= 4 is 34.5 Å². The zero-order valence-corrected chi connectivity index (χ0v) is 13.2. The molecule has 0 spiro atoms. The van der Waals surface area contributed by atoms with Gasteiger partial charge in [-0.3, -0.25) is 15.0 Å². The van der Waals surface area contributed by atoms with Crippen LogP contribution in [0.4, 0.5) is 9.18 Å². The highest BCUT2D eigenvalue weighted by atomic mass is 127. The van der Waals surface area contributed by atoms with Gasteiger partial charge >= 0.3 is 6.03 Å². The summed E-state index contributed by atoms with van der Waals surface area (Å²) in [5.74, 6) is -0.472. The molecule has 0 aromatic heterocycles. The van der Waals surface area contributed by atoms with Crippen LogP contribution in [0.3, 0.4) is 0 Å². The van der Waals surface area contributed by atoms with E-state index in [2.05, 4.69) is 5.32 Å². The normalized spacial score (nSPS) is 42.0. The van der Waals surface area contributed by atoms with E-state index in [1.165, 1.54) is 12.0 Å². The van der Waals surface area contributed by atoms with E-state index in [1.54, 1.807) is 6.92 Å². The lowest BCUT2D eigenvalue weighted by Gasteiger charge is -2.44. The SMILES string of the molecule is CO[C@H]1N([C@H]2C[C@H](F)[C@@H](CO)O2)C(=O)NC(=O)[C@]1(C)I. The molecule has 0 aromatic carbocycles. The minimum absolute atomic E-state index is 0.0700. The Balaban J connectivity index is 2.25. The third kappa shape index (κ3) is 2.51. The minimum Gasteiger partial charge on any atom is -0.394 e. The van der Waals surface area contributed by atoms with Crippen molar-refractivity contribution in [2.75, 3.05) is 13.7 Å². The summed E-state index contributed by atoms with van der Waals surface area (Å²) in [4.78, 5) is 25.0. The van der Waals surface area contributed by atoms with Crippen molar-refractivity contribution in [2.45, 2.75) is 41.5 Å². The molecule has 3 amide bonds. The van der Waals surface area contributed by atoms with Gasteiger partial charge in [0.25, 0.3) is 0 Å². The van der Waals surface area contributed by atoms with E-state index >= 15 is 0 Å². The van der Waals surface area contributed by atoms with E-state index < -0.39 is 46.7 Å². The van der Waals surface area contributed by atoms with Crippen LogP contribution in [0.5, 0.6) is 0 Å². The molecule has 2 saturated heterocycles. The number of carbonyl (C=O) groups is 2. The van der Waals surface area contributed by atoms with Crippen molar-refractivity contribution in [3.05, 3.63) is 0 Å². The van der Waals surface area contributed by atoms with Crippen LogP contribution in [0.1, 0.15) is 13.3 Å². The average molecular weight is 402 g/mol. The molecule has 9 heteroatoms. The van der Waals surface area contributed by atoms with Crippen LogP contribution in [0, 0.1) is 0 Å². The number of nitrogens with one attached hydrogen (secondary N) is 1.